The molecule has 4 aromatic rings. The van der Waals surface area contributed by atoms with E-state index in [2.05, 4.69) is 36.7 Å². The first-order chi connectivity index (χ1) is 17.8. The maximum atomic E-state index is 11.9. The quantitative estimate of drug-likeness (QED) is 0.341. The zero-order chi connectivity index (χ0) is 26.2. The molecule has 2 N–H and O–H groups in total. The summed E-state index contributed by atoms with van der Waals surface area (Å²) >= 11 is 5.86. The highest BCUT2D eigenvalue weighted by Gasteiger charge is 2.42. The predicted octanol–water partition coefficient (Wildman–Crippen LogP) is 4.13. The number of methoxy groups -OCH3 is 1. The van der Waals surface area contributed by atoms with Gasteiger partial charge in [0.1, 0.15) is 11.8 Å². The van der Waals surface area contributed by atoms with Crippen molar-refractivity contribution in [2.45, 2.75) is 19.0 Å². The number of anilines is 2. The Morgan fingerprint density at radius 3 is 2.57 bits per heavy atom. The van der Waals surface area contributed by atoms with E-state index in [1.807, 2.05) is 54.4 Å². The maximum absolute atomic E-state index is 11.9. The van der Waals surface area contributed by atoms with E-state index in [0.717, 1.165) is 34.7 Å². The van der Waals surface area contributed by atoms with E-state index in [0.29, 0.717) is 16.5 Å². The number of aromatic nitrogens is 3. The molecule has 0 radical (unpaired) electrons. The fourth-order valence-electron chi connectivity index (χ4n) is 4.68. The summed E-state index contributed by atoms with van der Waals surface area (Å²) in [5.74, 6) is 0.379. The Kier molecular flexibility index (Phi) is 6.57. The van der Waals surface area contributed by atoms with Gasteiger partial charge in [0.15, 0.2) is 5.11 Å². The van der Waals surface area contributed by atoms with Gasteiger partial charge in [0.2, 0.25) is 10.0 Å². The standard InChI is InChI=1S/C26H26N6O3S2/c1-17-9-12-22(31(17)19-7-6-13-27-16-19)25-24(21-8-4-5-14-28-21)29-26(36)32(25)18-10-11-20(23(15-18)35-2)30-37(3,33)34/h4-16,24-25,30H,1-3H3,(H,29,36)/t24-,25-/m1/s1. The molecule has 2 atom stereocenters. The van der Waals surface area contributed by atoms with Crippen molar-refractivity contribution in [2.24, 2.45) is 0 Å². The highest BCUT2D eigenvalue weighted by molar-refractivity contribution is 7.92. The third-order valence-electron chi connectivity index (χ3n) is 6.17. The largest absolute Gasteiger partial charge is 0.494 e. The molecule has 1 aliphatic heterocycles. The number of benzene rings is 1. The van der Waals surface area contributed by atoms with Gasteiger partial charge in [-0.3, -0.25) is 14.7 Å². The summed E-state index contributed by atoms with van der Waals surface area (Å²) in [5.41, 5.74) is 4.91. The van der Waals surface area contributed by atoms with Crippen LogP contribution in [0.4, 0.5) is 11.4 Å². The van der Waals surface area contributed by atoms with Gasteiger partial charge in [0, 0.05) is 35.5 Å². The predicted molar refractivity (Wildman–Crippen MR) is 148 cm³/mol. The number of ether oxygens (including phenoxy) is 1. The lowest BCUT2D eigenvalue weighted by atomic mass is 10.0. The number of nitrogens with zero attached hydrogens (tertiary/aromatic N) is 4. The molecule has 190 valence electrons. The van der Waals surface area contributed by atoms with Crippen LogP contribution in [0.2, 0.25) is 0 Å². The molecule has 5 rings (SSSR count). The van der Waals surface area contributed by atoms with E-state index in [1.54, 1.807) is 24.5 Å². The van der Waals surface area contributed by atoms with Crippen LogP contribution in [0.15, 0.2) is 79.3 Å². The van der Waals surface area contributed by atoms with Crippen molar-refractivity contribution in [3.05, 3.63) is 96.3 Å². The second-order valence-corrected chi connectivity index (χ2v) is 10.8. The number of aryl methyl sites for hydroxylation is 1. The summed E-state index contributed by atoms with van der Waals surface area (Å²) < 4.78 is 33.9. The fraction of sp³-hybridized carbons (Fsp3) is 0.192. The second-order valence-electron chi connectivity index (χ2n) is 8.70. The lowest BCUT2D eigenvalue weighted by Crippen LogP contribution is -2.30. The molecule has 1 aromatic carbocycles. The van der Waals surface area contributed by atoms with E-state index < -0.39 is 10.0 Å². The third kappa shape index (κ3) is 4.87. The van der Waals surface area contributed by atoms with Crippen molar-refractivity contribution in [1.29, 1.82) is 0 Å². The zero-order valence-corrected chi connectivity index (χ0v) is 22.1. The average molecular weight is 535 g/mol. The van der Waals surface area contributed by atoms with Crippen molar-refractivity contribution < 1.29 is 13.2 Å². The summed E-state index contributed by atoms with van der Waals surface area (Å²) in [7, 11) is -1.99. The van der Waals surface area contributed by atoms with Crippen LogP contribution >= 0.6 is 12.2 Å². The minimum atomic E-state index is -3.48. The molecular weight excluding hydrogens is 508 g/mol. The molecule has 1 fully saturated rings. The Hall–Kier alpha value is -3.96. The number of sulfonamides is 1. The minimum absolute atomic E-state index is 0.252. The fourth-order valence-corrected chi connectivity index (χ4v) is 5.59. The Balaban J connectivity index is 1.67. The van der Waals surface area contributed by atoms with Crippen LogP contribution in [0, 0.1) is 6.92 Å². The van der Waals surface area contributed by atoms with Crippen LogP contribution in [0.25, 0.3) is 5.69 Å². The van der Waals surface area contributed by atoms with Gasteiger partial charge < -0.3 is 19.5 Å². The van der Waals surface area contributed by atoms with Crippen LogP contribution in [0.1, 0.15) is 29.2 Å². The topological polar surface area (TPSA) is 101 Å². The Morgan fingerprint density at radius 1 is 1.05 bits per heavy atom. The molecule has 3 aromatic heterocycles. The molecule has 0 unspecified atom stereocenters. The first kappa shape index (κ1) is 24.7. The summed E-state index contributed by atoms with van der Waals surface area (Å²) in [6, 6.07) is 18.6. The molecule has 11 heteroatoms. The molecule has 0 saturated carbocycles. The number of hydrogen-bond acceptors (Lipinski definition) is 6. The van der Waals surface area contributed by atoms with Gasteiger partial charge in [0.25, 0.3) is 0 Å². The molecule has 0 amide bonds. The Morgan fingerprint density at radius 2 is 1.89 bits per heavy atom. The van der Waals surface area contributed by atoms with Crippen molar-refractivity contribution >= 4 is 38.7 Å². The van der Waals surface area contributed by atoms with Crippen LogP contribution in [-0.4, -0.2) is 41.4 Å². The second kappa shape index (κ2) is 9.83. The van der Waals surface area contributed by atoms with Gasteiger partial charge in [-0.15, -0.1) is 0 Å². The molecule has 37 heavy (non-hydrogen) atoms. The zero-order valence-electron chi connectivity index (χ0n) is 20.5. The number of pyridine rings is 2. The van der Waals surface area contributed by atoms with E-state index >= 15 is 0 Å². The lowest BCUT2D eigenvalue weighted by Gasteiger charge is -2.29. The Labute approximate surface area is 221 Å². The van der Waals surface area contributed by atoms with Crippen LogP contribution in [0.5, 0.6) is 5.75 Å². The van der Waals surface area contributed by atoms with Gasteiger partial charge in [-0.2, -0.15) is 0 Å². The SMILES string of the molecule is COc1cc(N2C(=S)N[C@H](c3ccccn3)[C@H]2c2ccc(C)n2-c2cccnc2)ccc1NS(C)(=O)=O. The molecule has 1 aliphatic rings. The smallest absolute Gasteiger partial charge is 0.229 e. The van der Waals surface area contributed by atoms with Crippen molar-refractivity contribution in [2.75, 3.05) is 23.0 Å². The van der Waals surface area contributed by atoms with Gasteiger partial charge in [0.05, 0.1) is 42.7 Å². The number of thiocarbonyl (C=S) groups is 1. The molecule has 9 nitrogen and oxygen atoms in total. The molecular formula is C26H26N6O3S2. The highest BCUT2D eigenvalue weighted by atomic mass is 32.2. The van der Waals surface area contributed by atoms with Crippen molar-refractivity contribution in [3.63, 3.8) is 0 Å². The van der Waals surface area contributed by atoms with Gasteiger partial charge >= 0.3 is 0 Å². The Bertz CT molecular complexity index is 1540. The number of rotatable bonds is 7. The maximum Gasteiger partial charge on any atom is 0.229 e. The first-order valence-electron chi connectivity index (χ1n) is 11.5. The third-order valence-corrected chi connectivity index (χ3v) is 7.08. The lowest BCUT2D eigenvalue weighted by molar-refractivity contribution is 0.417. The molecule has 0 spiro atoms. The van der Waals surface area contributed by atoms with Crippen LogP contribution < -0.4 is 19.7 Å². The number of hydrogen-bond donors (Lipinski definition) is 2. The summed E-state index contributed by atoms with van der Waals surface area (Å²) in [6.07, 6.45) is 6.43. The molecule has 0 bridgehead atoms. The summed E-state index contributed by atoms with van der Waals surface area (Å²) in [4.78, 5) is 11.0. The van der Waals surface area contributed by atoms with Gasteiger partial charge in [-0.25, -0.2) is 8.42 Å². The van der Waals surface area contributed by atoms with E-state index in [9.17, 15) is 8.42 Å². The van der Waals surface area contributed by atoms with Gasteiger partial charge in [-0.05, 0) is 67.7 Å². The monoisotopic (exact) mass is 534 g/mol. The van der Waals surface area contributed by atoms with Crippen molar-refractivity contribution in [1.82, 2.24) is 19.9 Å². The molecule has 4 heterocycles. The summed E-state index contributed by atoms with van der Waals surface area (Å²) in [6.45, 7) is 2.05. The molecule has 0 aliphatic carbocycles. The van der Waals surface area contributed by atoms with E-state index in [4.69, 9.17) is 17.0 Å². The molecule has 1 saturated heterocycles. The average Bonchev–Trinajstić information content (AvgIpc) is 3.43. The van der Waals surface area contributed by atoms with E-state index in [-0.39, 0.29) is 12.1 Å². The minimum Gasteiger partial charge on any atom is -0.494 e. The van der Waals surface area contributed by atoms with E-state index in [1.165, 1.54) is 7.11 Å². The first-order valence-corrected chi connectivity index (χ1v) is 13.8. The number of nitrogens with one attached hydrogen (secondary N) is 2. The summed E-state index contributed by atoms with van der Waals surface area (Å²) in [5, 5.41) is 3.98. The van der Waals surface area contributed by atoms with Crippen molar-refractivity contribution in [3.8, 4) is 11.4 Å². The van der Waals surface area contributed by atoms with Crippen LogP contribution in [0.3, 0.4) is 0 Å². The van der Waals surface area contributed by atoms with Crippen LogP contribution in [-0.2, 0) is 10.0 Å². The van der Waals surface area contributed by atoms with Gasteiger partial charge in [-0.1, -0.05) is 6.07 Å². The highest BCUT2D eigenvalue weighted by Crippen LogP contribution is 2.44. The normalized spacial score (nSPS) is 17.5.